The molecule has 4 rings (SSSR count). The van der Waals surface area contributed by atoms with Crippen LogP contribution in [-0.2, 0) is 19.5 Å². The van der Waals surface area contributed by atoms with Gasteiger partial charge >= 0.3 is 0 Å². The molecular formula is C24H24N4O3. The van der Waals surface area contributed by atoms with E-state index in [1.807, 2.05) is 12.1 Å². The van der Waals surface area contributed by atoms with Crippen molar-refractivity contribution in [1.29, 1.82) is 0 Å². The zero-order chi connectivity index (χ0) is 21.8. The van der Waals surface area contributed by atoms with E-state index in [1.54, 1.807) is 30.1 Å². The van der Waals surface area contributed by atoms with E-state index in [2.05, 4.69) is 27.8 Å². The zero-order valence-electron chi connectivity index (χ0n) is 17.3. The maximum atomic E-state index is 13.0. The molecule has 158 valence electrons. The zero-order valence-corrected chi connectivity index (χ0v) is 17.3. The van der Waals surface area contributed by atoms with Crippen molar-refractivity contribution >= 4 is 17.5 Å². The van der Waals surface area contributed by atoms with Gasteiger partial charge in [-0.15, -0.1) is 0 Å². The summed E-state index contributed by atoms with van der Waals surface area (Å²) in [7, 11) is 1.77. The standard InChI is InChI=1S/C24H24N4O3/c1-28(21-7-5-17-9-10-25-14-20(17)12-21)24(31)18-4-2-3-16(11-18)13-27-23(30)19-6-8-22(29)26-15-19/h2-8,11-12,15,25H,9-10,13-14H2,1H3,(H,26,29)(H,27,30). The van der Waals surface area contributed by atoms with Crippen molar-refractivity contribution in [3.05, 3.63) is 99.0 Å². The lowest BCUT2D eigenvalue weighted by molar-refractivity contribution is 0.0949. The van der Waals surface area contributed by atoms with Crippen LogP contribution in [0.25, 0.3) is 0 Å². The van der Waals surface area contributed by atoms with Crippen LogP contribution in [0, 0.1) is 0 Å². The Bertz CT molecular complexity index is 1160. The van der Waals surface area contributed by atoms with Crippen LogP contribution in [0.2, 0.25) is 0 Å². The van der Waals surface area contributed by atoms with Gasteiger partial charge in [0.05, 0.1) is 5.56 Å². The molecule has 0 atom stereocenters. The van der Waals surface area contributed by atoms with Crippen molar-refractivity contribution in [3.63, 3.8) is 0 Å². The fourth-order valence-electron chi connectivity index (χ4n) is 3.64. The number of carbonyl (C=O) groups is 2. The molecule has 0 saturated heterocycles. The summed E-state index contributed by atoms with van der Waals surface area (Å²) < 4.78 is 0. The number of pyridine rings is 1. The molecule has 0 aliphatic carbocycles. The minimum atomic E-state index is -0.298. The van der Waals surface area contributed by atoms with Crippen molar-refractivity contribution in [2.24, 2.45) is 0 Å². The van der Waals surface area contributed by atoms with E-state index in [1.165, 1.54) is 29.5 Å². The minimum Gasteiger partial charge on any atom is -0.348 e. The highest BCUT2D eigenvalue weighted by molar-refractivity contribution is 6.05. The Balaban J connectivity index is 1.44. The lowest BCUT2D eigenvalue weighted by Crippen LogP contribution is -2.28. The molecule has 0 radical (unpaired) electrons. The predicted octanol–water partition coefficient (Wildman–Crippen LogP) is 2.23. The monoisotopic (exact) mass is 416 g/mol. The normalized spacial score (nSPS) is 12.7. The SMILES string of the molecule is CN(C(=O)c1cccc(CNC(=O)c2ccc(=O)[nH]c2)c1)c1ccc2c(c1)CNCC2. The number of carbonyl (C=O) groups excluding carboxylic acids is 2. The number of aromatic nitrogens is 1. The van der Waals surface area contributed by atoms with Crippen LogP contribution in [0.1, 0.15) is 37.4 Å². The average molecular weight is 416 g/mol. The Hall–Kier alpha value is -3.71. The number of hydrogen-bond acceptors (Lipinski definition) is 4. The number of aromatic amines is 1. The second-order valence-corrected chi connectivity index (χ2v) is 7.57. The number of nitrogens with one attached hydrogen (secondary N) is 3. The molecule has 1 aromatic heterocycles. The molecule has 0 spiro atoms. The van der Waals surface area contributed by atoms with Gasteiger partial charge in [-0.25, -0.2) is 0 Å². The third-order valence-electron chi connectivity index (χ3n) is 5.44. The van der Waals surface area contributed by atoms with Crippen molar-refractivity contribution in [3.8, 4) is 0 Å². The number of benzene rings is 2. The smallest absolute Gasteiger partial charge is 0.258 e. The number of hydrogen-bond donors (Lipinski definition) is 3. The van der Waals surface area contributed by atoms with Gasteiger partial charge < -0.3 is 20.5 Å². The molecule has 31 heavy (non-hydrogen) atoms. The Labute approximate surface area is 180 Å². The van der Waals surface area contributed by atoms with Crippen LogP contribution >= 0.6 is 0 Å². The maximum Gasteiger partial charge on any atom is 0.258 e. The van der Waals surface area contributed by atoms with Crippen LogP contribution in [0.5, 0.6) is 0 Å². The molecule has 0 bridgehead atoms. The second kappa shape index (κ2) is 8.97. The van der Waals surface area contributed by atoms with Gasteiger partial charge in [-0.2, -0.15) is 0 Å². The molecule has 7 nitrogen and oxygen atoms in total. The molecule has 3 aromatic rings. The lowest BCUT2D eigenvalue weighted by atomic mass is 10.00. The summed E-state index contributed by atoms with van der Waals surface area (Å²) >= 11 is 0. The molecule has 1 aliphatic rings. The van der Waals surface area contributed by atoms with Gasteiger partial charge in [0, 0.05) is 43.7 Å². The molecule has 0 saturated carbocycles. The molecule has 7 heteroatoms. The summed E-state index contributed by atoms with van der Waals surface area (Å²) in [5, 5.41) is 6.16. The first-order chi connectivity index (χ1) is 15.0. The molecule has 1 aliphatic heterocycles. The number of H-pyrrole nitrogens is 1. The van der Waals surface area contributed by atoms with Crippen molar-refractivity contribution in [1.82, 2.24) is 15.6 Å². The summed E-state index contributed by atoms with van der Waals surface area (Å²) in [4.78, 5) is 40.5. The van der Waals surface area contributed by atoms with Crippen LogP contribution in [0.4, 0.5) is 5.69 Å². The van der Waals surface area contributed by atoms with E-state index in [4.69, 9.17) is 0 Å². The highest BCUT2D eigenvalue weighted by Gasteiger charge is 2.17. The Morgan fingerprint density at radius 2 is 1.90 bits per heavy atom. The first kappa shape index (κ1) is 20.6. The van der Waals surface area contributed by atoms with Crippen LogP contribution in [0.3, 0.4) is 0 Å². The predicted molar refractivity (Wildman–Crippen MR) is 119 cm³/mol. The van der Waals surface area contributed by atoms with E-state index in [0.717, 1.165) is 30.8 Å². The van der Waals surface area contributed by atoms with Gasteiger partial charge in [0.25, 0.3) is 11.8 Å². The average Bonchev–Trinajstić information content (AvgIpc) is 2.82. The van der Waals surface area contributed by atoms with Crippen LogP contribution in [0.15, 0.2) is 65.6 Å². The number of amides is 2. The summed E-state index contributed by atoms with van der Waals surface area (Å²) in [6.45, 7) is 2.07. The highest BCUT2D eigenvalue weighted by Crippen LogP contribution is 2.23. The van der Waals surface area contributed by atoms with Gasteiger partial charge in [0.1, 0.15) is 0 Å². The van der Waals surface area contributed by atoms with Gasteiger partial charge in [0.15, 0.2) is 0 Å². The summed E-state index contributed by atoms with van der Waals surface area (Å²) in [6.07, 6.45) is 2.38. The van der Waals surface area contributed by atoms with Gasteiger partial charge in [-0.3, -0.25) is 14.4 Å². The van der Waals surface area contributed by atoms with E-state index in [0.29, 0.717) is 11.1 Å². The van der Waals surface area contributed by atoms with Crippen LogP contribution in [-0.4, -0.2) is 30.4 Å². The van der Waals surface area contributed by atoms with Crippen LogP contribution < -0.4 is 21.1 Å². The van der Waals surface area contributed by atoms with E-state index < -0.39 is 0 Å². The van der Waals surface area contributed by atoms with Gasteiger partial charge in [-0.1, -0.05) is 18.2 Å². The topological polar surface area (TPSA) is 94.3 Å². The van der Waals surface area contributed by atoms with E-state index >= 15 is 0 Å². The third kappa shape index (κ3) is 4.73. The number of rotatable bonds is 5. The Morgan fingerprint density at radius 3 is 2.71 bits per heavy atom. The fourth-order valence-corrected chi connectivity index (χ4v) is 3.64. The molecule has 2 amide bonds. The first-order valence-corrected chi connectivity index (χ1v) is 10.2. The van der Waals surface area contributed by atoms with Gasteiger partial charge in [0.2, 0.25) is 5.56 Å². The van der Waals surface area contributed by atoms with E-state index in [9.17, 15) is 14.4 Å². The Kier molecular flexibility index (Phi) is 5.95. The lowest BCUT2D eigenvalue weighted by Gasteiger charge is -2.22. The molecule has 2 heterocycles. The van der Waals surface area contributed by atoms with Crippen molar-refractivity contribution < 1.29 is 9.59 Å². The third-order valence-corrected chi connectivity index (χ3v) is 5.44. The van der Waals surface area contributed by atoms with Gasteiger partial charge in [-0.05, 0) is 60.0 Å². The Morgan fingerprint density at radius 1 is 1.03 bits per heavy atom. The molecule has 0 unspecified atom stereocenters. The van der Waals surface area contributed by atoms with Crippen molar-refractivity contribution in [2.45, 2.75) is 19.5 Å². The van der Waals surface area contributed by atoms with Crippen molar-refractivity contribution in [2.75, 3.05) is 18.5 Å². The van der Waals surface area contributed by atoms with E-state index in [-0.39, 0.29) is 23.9 Å². The maximum absolute atomic E-state index is 13.0. The molecule has 2 aromatic carbocycles. The highest BCUT2D eigenvalue weighted by atomic mass is 16.2. The molecule has 0 fully saturated rings. The summed E-state index contributed by atoms with van der Waals surface area (Å²) in [6, 6.07) is 16.1. The molecular weight excluding hydrogens is 392 g/mol. The largest absolute Gasteiger partial charge is 0.348 e. The summed E-state index contributed by atoms with van der Waals surface area (Å²) in [5.41, 5.74) is 4.87. The molecule has 3 N–H and O–H groups in total. The number of nitrogens with zero attached hydrogens (tertiary/aromatic N) is 1. The second-order valence-electron chi connectivity index (χ2n) is 7.57. The summed E-state index contributed by atoms with van der Waals surface area (Å²) in [5.74, 6) is -0.412. The quantitative estimate of drug-likeness (QED) is 0.595. The minimum absolute atomic E-state index is 0.113. The number of anilines is 1. The number of fused-ring (bicyclic) bond motifs is 1. The fraction of sp³-hybridized carbons (Fsp3) is 0.208. The first-order valence-electron chi connectivity index (χ1n) is 10.2.